The lowest BCUT2D eigenvalue weighted by molar-refractivity contribution is 0.633. The third-order valence-electron chi connectivity index (χ3n) is 4.90. The predicted molar refractivity (Wildman–Crippen MR) is 119 cm³/mol. The zero-order chi connectivity index (χ0) is 19.7. The Morgan fingerprint density at radius 3 is 1.19 bits per heavy atom. The lowest BCUT2D eigenvalue weighted by Crippen LogP contribution is -1.93. The van der Waals surface area contributed by atoms with Crippen molar-refractivity contribution in [2.45, 2.75) is 81.1 Å². The van der Waals surface area contributed by atoms with Crippen LogP contribution in [0, 0.1) is 23.7 Å². The van der Waals surface area contributed by atoms with Crippen LogP contribution < -0.4 is 0 Å². The highest BCUT2D eigenvalue weighted by molar-refractivity contribution is 5.17. The van der Waals surface area contributed by atoms with Gasteiger partial charge in [0.25, 0.3) is 0 Å². The van der Waals surface area contributed by atoms with E-state index in [2.05, 4.69) is 91.8 Å². The van der Waals surface area contributed by atoms with Crippen LogP contribution in [0.1, 0.15) is 81.1 Å². The van der Waals surface area contributed by atoms with Gasteiger partial charge >= 0.3 is 0 Å². The first-order valence-corrected chi connectivity index (χ1v) is 10.4. The summed E-state index contributed by atoms with van der Waals surface area (Å²) in [5, 5.41) is 0. The lowest BCUT2D eigenvalue weighted by atomic mass is 10.00. The van der Waals surface area contributed by atoms with Crippen molar-refractivity contribution >= 4 is 0 Å². The van der Waals surface area contributed by atoms with Gasteiger partial charge < -0.3 is 0 Å². The summed E-state index contributed by atoms with van der Waals surface area (Å²) in [6, 6.07) is 0. The summed E-state index contributed by atoms with van der Waals surface area (Å²) in [4.78, 5) is 0. The highest BCUT2D eigenvalue weighted by Crippen LogP contribution is 2.33. The maximum Gasteiger partial charge on any atom is -0.00422 e. The number of allylic oxidation sites excluding steroid dienone is 10. The molecule has 2 rings (SSSR count). The molecule has 0 heteroatoms. The molecule has 0 amide bonds. The molecule has 0 saturated heterocycles. The van der Waals surface area contributed by atoms with Crippen molar-refractivity contribution in [3.05, 3.63) is 58.7 Å². The van der Waals surface area contributed by atoms with E-state index in [1.54, 1.807) is 0 Å². The Kier molecular flexibility index (Phi) is 9.99. The number of hydrogen-bond acceptors (Lipinski definition) is 0. The molecule has 0 aromatic carbocycles. The summed E-state index contributed by atoms with van der Waals surface area (Å²) in [6.07, 6.45) is 19.7. The van der Waals surface area contributed by atoms with E-state index in [0.29, 0.717) is 11.8 Å². The van der Waals surface area contributed by atoms with Crippen molar-refractivity contribution in [3.8, 4) is 0 Å². The molecule has 2 aliphatic rings. The molecule has 26 heavy (non-hydrogen) atoms. The average Bonchev–Trinajstić information content (AvgIpc) is 3.07. The normalized spacial score (nSPS) is 26.5. The molecule has 0 nitrogen and oxygen atoms in total. The van der Waals surface area contributed by atoms with Crippen molar-refractivity contribution in [1.29, 1.82) is 0 Å². The summed E-state index contributed by atoms with van der Waals surface area (Å²) in [5.74, 6) is 3.05. The second kappa shape index (κ2) is 11.4. The van der Waals surface area contributed by atoms with Crippen molar-refractivity contribution in [2.75, 3.05) is 0 Å². The zero-order valence-corrected chi connectivity index (χ0v) is 18.6. The topological polar surface area (TPSA) is 0 Å². The molecule has 0 spiro atoms. The minimum atomic E-state index is 0.672. The molecular weight excluding hydrogens is 312 g/mol. The van der Waals surface area contributed by atoms with Crippen LogP contribution in [0.2, 0.25) is 0 Å². The predicted octanol–water partition coefficient (Wildman–Crippen LogP) is 8.45. The molecule has 4 atom stereocenters. The maximum absolute atomic E-state index is 2.44. The van der Waals surface area contributed by atoms with Crippen molar-refractivity contribution in [1.82, 2.24) is 0 Å². The van der Waals surface area contributed by atoms with E-state index in [0.717, 1.165) is 11.8 Å². The Balaban J connectivity index is 0.000000260. The van der Waals surface area contributed by atoms with Gasteiger partial charge in [-0.15, -0.1) is 0 Å². The van der Waals surface area contributed by atoms with Gasteiger partial charge in [0.15, 0.2) is 0 Å². The highest BCUT2D eigenvalue weighted by atomic mass is 14.3. The van der Waals surface area contributed by atoms with Gasteiger partial charge in [-0.1, -0.05) is 58.7 Å². The summed E-state index contributed by atoms with van der Waals surface area (Å²) in [6.45, 7) is 17.5. The average molecular weight is 355 g/mol. The number of hydrogen-bond donors (Lipinski definition) is 0. The van der Waals surface area contributed by atoms with Crippen molar-refractivity contribution in [2.24, 2.45) is 23.7 Å². The fourth-order valence-electron chi connectivity index (χ4n) is 4.16. The molecule has 0 heterocycles. The molecule has 0 bridgehead atoms. The van der Waals surface area contributed by atoms with E-state index in [9.17, 15) is 0 Å². The Bertz CT molecular complexity index is 513. The van der Waals surface area contributed by atoms with E-state index in [4.69, 9.17) is 0 Å². The van der Waals surface area contributed by atoms with Gasteiger partial charge in [-0.25, -0.2) is 0 Å². The van der Waals surface area contributed by atoms with Gasteiger partial charge in [-0.3, -0.25) is 0 Å². The van der Waals surface area contributed by atoms with E-state index in [1.807, 2.05) is 0 Å². The van der Waals surface area contributed by atoms with Crippen LogP contribution >= 0.6 is 0 Å². The zero-order valence-electron chi connectivity index (χ0n) is 18.6. The van der Waals surface area contributed by atoms with Crippen molar-refractivity contribution in [3.63, 3.8) is 0 Å². The molecule has 0 aromatic heterocycles. The van der Waals surface area contributed by atoms with Gasteiger partial charge in [0.1, 0.15) is 0 Å². The minimum absolute atomic E-state index is 0.672. The largest absolute Gasteiger partial charge is 0.0827 e. The van der Waals surface area contributed by atoms with E-state index < -0.39 is 0 Å². The summed E-state index contributed by atoms with van der Waals surface area (Å²) in [7, 11) is 0. The summed E-state index contributed by atoms with van der Waals surface area (Å²) in [5.41, 5.74) is 5.80. The van der Waals surface area contributed by atoms with Gasteiger partial charge in [0, 0.05) is 0 Å². The molecule has 1 fully saturated rings. The Morgan fingerprint density at radius 1 is 0.538 bits per heavy atom. The first kappa shape index (κ1) is 22.7. The van der Waals surface area contributed by atoms with Crippen LogP contribution in [0.25, 0.3) is 0 Å². The fraction of sp³-hybridized carbons (Fsp3) is 0.615. The summed E-state index contributed by atoms with van der Waals surface area (Å²) >= 11 is 0. The molecule has 0 radical (unpaired) electrons. The van der Waals surface area contributed by atoms with E-state index in [1.165, 1.54) is 48.0 Å². The van der Waals surface area contributed by atoms with Gasteiger partial charge in [-0.2, -0.15) is 0 Å². The van der Waals surface area contributed by atoms with Crippen LogP contribution in [0.3, 0.4) is 0 Å². The third kappa shape index (κ3) is 10.00. The first-order valence-electron chi connectivity index (χ1n) is 10.4. The first-order chi connectivity index (χ1) is 12.2. The van der Waals surface area contributed by atoms with Gasteiger partial charge in [0.05, 0.1) is 0 Å². The second-order valence-electron chi connectivity index (χ2n) is 9.26. The molecule has 2 aliphatic carbocycles. The highest BCUT2D eigenvalue weighted by Gasteiger charge is 2.20. The monoisotopic (exact) mass is 354 g/mol. The molecular formula is C26H42. The van der Waals surface area contributed by atoms with E-state index in [-0.39, 0.29) is 0 Å². The molecule has 0 N–H and O–H groups in total. The molecule has 0 aromatic rings. The van der Waals surface area contributed by atoms with Gasteiger partial charge in [-0.05, 0) is 105 Å². The third-order valence-corrected chi connectivity index (χ3v) is 4.90. The Morgan fingerprint density at radius 2 is 0.885 bits per heavy atom. The van der Waals surface area contributed by atoms with Crippen LogP contribution in [-0.2, 0) is 0 Å². The standard InChI is InChI=1S/C13H22.C13H20/c2*1-10(2)7-12-5-6-13(9-12)8-11(3)4/h7-8,12-13H,5-6,9H2,1-4H3;5-8,12-13H,9H2,1-4H3. The van der Waals surface area contributed by atoms with Crippen LogP contribution in [0.4, 0.5) is 0 Å². The van der Waals surface area contributed by atoms with Crippen LogP contribution in [0.15, 0.2) is 58.7 Å². The van der Waals surface area contributed by atoms with Crippen LogP contribution in [0.5, 0.6) is 0 Å². The molecule has 0 aliphatic heterocycles. The fourth-order valence-corrected chi connectivity index (χ4v) is 4.16. The Hall–Kier alpha value is -1.30. The van der Waals surface area contributed by atoms with Crippen molar-refractivity contribution < 1.29 is 0 Å². The Labute approximate surface area is 163 Å². The minimum Gasteiger partial charge on any atom is -0.0827 e. The SMILES string of the molecule is CC(C)=CC1C=CC(C=C(C)C)C1.CC(C)=CC1CCC(C=C(C)C)C1. The molecule has 4 unspecified atom stereocenters. The smallest absolute Gasteiger partial charge is 0.00422 e. The van der Waals surface area contributed by atoms with Gasteiger partial charge in [0.2, 0.25) is 0 Å². The maximum atomic E-state index is 2.44. The molecule has 146 valence electrons. The quantitative estimate of drug-likeness (QED) is 0.444. The second-order valence-corrected chi connectivity index (χ2v) is 9.26. The lowest BCUT2D eigenvalue weighted by Gasteiger charge is -2.05. The van der Waals surface area contributed by atoms with Crippen LogP contribution in [-0.4, -0.2) is 0 Å². The van der Waals surface area contributed by atoms with E-state index >= 15 is 0 Å². The number of rotatable bonds is 4. The summed E-state index contributed by atoms with van der Waals surface area (Å²) < 4.78 is 0. The molecule has 1 saturated carbocycles.